The fourth-order valence-corrected chi connectivity index (χ4v) is 0.895. The number of rotatable bonds is 1. The predicted molar refractivity (Wildman–Crippen MR) is 35.6 cm³/mol. The zero-order valence-corrected chi connectivity index (χ0v) is 6.51. The smallest absolute Gasteiger partial charge is 0.163 e. The monoisotopic (exact) mass is 144 g/mol. The maximum Gasteiger partial charge on any atom is 0.163 e. The van der Waals surface area contributed by atoms with Crippen LogP contribution in [-0.4, -0.2) is 24.3 Å². The van der Waals surface area contributed by atoms with Crippen molar-refractivity contribution in [1.82, 2.24) is 0 Å². The Morgan fingerprint density at radius 3 is 2.50 bits per heavy atom. The Hall–Kier alpha value is -0.410. The van der Waals surface area contributed by atoms with Crippen LogP contribution in [0.3, 0.4) is 0 Å². The maximum absolute atomic E-state index is 10.9. The first-order valence-corrected chi connectivity index (χ1v) is 3.35. The Labute approximate surface area is 60.3 Å². The lowest BCUT2D eigenvalue weighted by atomic mass is 10.0. The lowest BCUT2D eigenvalue weighted by molar-refractivity contribution is -0.139. The van der Waals surface area contributed by atoms with Gasteiger partial charge in [-0.1, -0.05) is 0 Å². The highest BCUT2D eigenvalue weighted by Gasteiger charge is 2.39. The molecule has 1 fully saturated rings. The van der Waals surface area contributed by atoms with Gasteiger partial charge in [0.05, 0.1) is 6.61 Å². The van der Waals surface area contributed by atoms with E-state index >= 15 is 0 Å². The molecule has 58 valence electrons. The first-order valence-electron chi connectivity index (χ1n) is 3.35. The molecule has 0 radical (unpaired) electrons. The minimum atomic E-state index is -0.695. The van der Waals surface area contributed by atoms with Crippen LogP contribution < -0.4 is 0 Å². The van der Waals surface area contributed by atoms with Crippen molar-refractivity contribution in [2.24, 2.45) is 0 Å². The lowest BCUT2D eigenvalue weighted by Gasteiger charge is -2.16. The molecule has 10 heavy (non-hydrogen) atoms. The molecular formula is C7H12O3. The van der Waals surface area contributed by atoms with Gasteiger partial charge in [-0.05, 0) is 20.8 Å². The van der Waals surface area contributed by atoms with Gasteiger partial charge in [-0.15, -0.1) is 0 Å². The first-order chi connectivity index (χ1) is 4.54. The minimum Gasteiger partial charge on any atom is -0.349 e. The van der Waals surface area contributed by atoms with E-state index in [4.69, 9.17) is 9.47 Å². The Morgan fingerprint density at radius 2 is 2.30 bits per heavy atom. The van der Waals surface area contributed by atoms with Crippen LogP contribution in [0.2, 0.25) is 0 Å². The fraction of sp³-hybridized carbons (Fsp3) is 0.857. The standard InChI is InChI=1S/C7H12O3/c1-5(8)7(3)4-9-6(2)10-7/h6H,4H2,1-3H3. The van der Waals surface area contributed by atoms with Crippen molar-refractivity contribution in [3.8, 4) is 0 Å². The third-order valence-electron chi connectivity index (χ3n) is 1.76. The molecule has 0 saturated carbocycles. The molecular weight excluding hydrogens is 132 g/mol. The van der Waals surface area contributed by atoms with Crippen LogP contribution in [0.5, 0.6) is 0 Å². The minimum absolute atomic E-state index is 0.0249. The summed E-state index contributed by atoms with van der Waals surface area (Å²) in [7, 11) is 0. The molecule has 0 N–H and O–H groups in total. The maximum atomic E-state index is 10.9. The molecule has 0 amide bonds. The van der Waals surface area contributed by atoms with Crippen LogP contribution in [0.1, 0.15) is 20.8 Å². The van der Waals surface area contributed by atoms with Gasteiger partial charge in [0.15, 0.2) is 12.1 Å². The summed E-state index contributed by atoms with van der Waals surface area (Å²) >= 11 is 0. The summed E-state index contributed by atoms with van der Waals surface area (Å²) in [5.41, 5.74) is -0.695. The molecule has 2 atom stereocenters. The number of Topliss-reactive ketones (excluding diaryl/α,β-unsaturated/α-hetero) is 1. The molecule has 1 aliphatic rings. The number of hydrogen-bond donors (Lipinski definition) is 0. The van der Waals surface area contributed by atoms with Crippen LogP contribution in [0.15, 0.2) is 0 Å². The highest BCUT2D eigenvalue weighted by Crippen LogP contribution is 2.22. The third-order valence-corrected chi connectivity index (χ3v) is 1.76. The second-order valence-electron chi connectivity index (χ2n) is 2.78. The molecule has 0 aromatic rings. The van der Waals surface area contributed by atoms with Gasteiger partial charge in [-0.3, -0.25) is 4.79 Å². The average molecular weight is 144 g/mol. The van der Waals surface area contributed by atoms with Crippen molar-refractivity contribution in [2.75, 3.05) is 6.61 Å². The number of ketones is 1. The number of carbonyl (C=O) groups excluding carboxylic acids is 1. The van der Waals surface area contributed by atoms with Gasteiger partial charge in [0, 0.05) is 0 Å². The summed E-state index contributed by atoms with van der Waals surface area (Å²) in [4.78, 5) is 10.9. The highest BCUT2D eigenvalue weighted by atomic mass is 16.7. The van der Waals surface area contributed by atoms with Crippen LogP contribution in [0.25, 0.3) is 0 Å². The van der Waals surface area contributed by atoms with Crippen molar-refractivity contribution in [1.29, 1.82) is 0 Å². The van der Waals surface area contributed by atoms with Crippen LogP contribution in [-0.2, 0) is 14.3 Å². The van der Waals surface area contributed by atoms with E-state index in [9.17, 15) is 4.79 Å². The highest BCUT2D eigenvalue weighted by molar-refractivity contribution is 5.84. The quantitative estimate of drug-likeness (QED) is 0.544. The second-order valence-corrected chi connectivity index (χ2v) is 2.78. The van der Waals surface area contributed by atoms with Gasteiger partial charge in [0.25, 0.3) is 0 Å². The van der Waals surface area contributed by atoms with Crippen molar-refractivity contribution in [3.05, 3.63) is 0 Å². The van der Waals surface area contributed by atoms with E-state index in [1.165, 1.54) is 6.92 Å². The van der Waals surface area contributed by atoms with E-state index in [0.29, 0.717) is 6.61 Å². The van der Waals surface area contributed by atoms with E-state index < -0.39 is 5.60 Å². The SMILES string of the molecule is CC(=O)C1(C)COC(C)O1. The van der Waals surface area contributed by atoms with Crippen molar-refractivity contribution in [2.45, 2.75) is 32.7 Å². The Kier molecular flexibility index (Phi) is 1.79. The van der Waals surface area contributed by atoms with Gasteiger partial charge >= 0.3 is 0 Å². The summed E-state index contributed by atoms with van der Waals surface area (Å²) in [5, 5.41) is 0. The lowest BCUT2D eigenvalue weighted by Crippen LogP contribution is -2.36. The molecule has 1 rings (SSSR count). The molecule has 1 aliphatic heterocycles. The number of carbonyl (C=O) groups is 1. The fourth-order valence-electron chi connectivity index (χ4n) is 0.895. The predicted octanol–water partition coefficient (Wildman–Crippen LogP) is 0.727. The summed E-state index contributed by atoms with van der Waals surface area (Å²) in [6.07, 6.45) is -0.242. The van der Waals surface area contributed by atoms with Crippen molar-refractivity contribution in [3.63, 3.8) is 0 Å². The van der Waals surface area contributed by atoms with E-state index in [1.54, 1.807) is 13.8 Å². The summed E-state index contributed by atoms with van der Waals surface area (Å²) in [5.74, 6) is 0.0249. The van der Waals surface area contributed by atoms with Gasteiger partial charge in [-0.25, -0.2) is 0 Å². The Morgan fingerprint density at radius 1 is 1.70 bits per heavy atom. The topological polar surface area (TPSA) is 35.5 Å². The third kappa shape index (κ3) is 1.20. The zero-order chi connectivity index (χ0) is 7.78. The Balaban J connectivity index is 2.63. The Bertz CT molecular complexity index is 155. The van der Waals surface area contributed by atoms with Crippen LogP contribution >= 0.6 is 0 Å². The molecule has 3 nitrogen and oxygen atoms in total. The van der Waals surface area contributed by atoms with Gasteiger partial charge in [-0.2, -0.15) is 0 Å². The average Bonchev–Trinajstić information content (AvgIpc) is 2.13. The summed E-state index contributed by atoms with van der Waals surface area (Å²) in [6.45, 7) is 5.43. The molecule has 1 heterocycles. The summed E-state index contributed by atoms with van der Waals surface area (Å²) in [6, 6.07) is 0. The van der Waals surface area contributed by atoms with E-state index in [2.05, 4.69) is 0 Å². The van der Waals surface area contributed by atoms with Crippen LogP contribution in [0.4, 0.5) is 0 Å². The number of ether oxygens (including phenoxy) is 2. The van der Waals surface area contributed by atoms with Gasteiger partial charge in [0.1, 0.15) is 5.60 Å². The molecule has 2 unspecified atom stereocenters. The van der Waals surface area contributed by atoms with Gasteiger partial charge < -0.3 is 9.47 Å². The van der Waals surface area contributed by atoms with E-state index in [1.807, 2.05) is 0 Å². The molecule has 0 aromatic carbocycles. The van der Waals surface area contributed by atoms with Crippen molar-refractivity contribution < 1.29 is 14.3 Å². The van der Waals surface area contributed by atoms with Crippen LogP contribution in [0, 0.1) is 0 Å². The largest absolute Gasteiger partial charge is 0.349 e. The van der Waals surface area contributed by atoms with Gasteiger partial charge in [0.2, 0.25) is 0 Å². The first kappa shape index (κ1) is 7.69. The molecule has 1 saturated heterocycles. The van der Waals surface area contributed by atoms with Crippen molar-refractivity contribution >= 4 is 5.78 Å². The normalized spacial score (nSPS) is 40.1. The molecule has 3 heteroatoms. The summed E-state index contributed by atoms with van der Waals surface area (Å²) < 4.78 is 10.3. The zero-order valence-electron chi connectivity index (χ0n) is 6.51. The molecule has 0 bridgehead atoms. The number of hydrogen-bond acceptors (Lipinski definition) is 3. The van der Waals surface area contributed by atoms with E-state index in [0.717, 1.165) is 0 Å². The molecule has 0 aliphatic carbocycles. The molecule has 0 aromatic heterocycles. The second kappa shape index (κ2) is 2.32. The van der Waals surface area contributed by atoms with E-state index in [-0.39, 0.29) is 12.1 Å². The molecule has 0 spiro atoms.